The lowest BCUT2D eigenvalue weighted by Gasteiger charge is -2.39. The van der Waals surface area contributed by atoms with E-state index in [0.29, 0.717) is 18.3 Å². The molecule has 0 radical (unpaired) electrons. The van der Waals surface area contributed by atoms with E-state index < -0.39 is 0 Å². The van der Waals surface area contributed by atoms with Crippen molar-refractivity contribution in [2.75, 3.05) is 7.05 Å². The second-order valence-corrected chi connectivity index (χ2v) is 6.33. The highest BCUT2D eigenvalue weighted by atomic mass is 16.2. The van der Waals surface area contributed by atoms with Crippen LogP contribution in [0.15, 0.2) is 29.5 Å². The van der Waals surface area contributed by atoms with Crippen LogP contribution in [0.5, 0.6) is 0 Å². The van der Waals surface area contributed by atoms with Crippen LogP contribution in [-0.2, 0) is 4.79 Å². The van der Waals surface area contributed by atoms with E-state index in [9.17, 15) is 4.79 Å². The van der Waals surface area contributed by atoms with Gasteiger partial charge in [-0.15, -0.1) is 0 Å². The second kappa shape index (κ2) is 7.08. The summed E-state index contributed by atoms with van der Waals surface area (Å²) < 4.78 is 0. The van der Waals surface area contributed by atoms with Gasteiger partial charge >= 0.3 is 0 Å². The zero-order chi connectivity index (χ0) is 17.0. The first kappa shape index (κ1) is 17.4. The molecule has 6 heteroatoms. The summed E-state index contributed by atoms with van der Waals surface area (Å²) in [5, 5.41) is 0. The summed E-state index contributed by atoms with van der Waals surface area (Å²) in [6, 6.07) is 3.91. The van der Waals surface area contributed by atoms with Crippen LogP contribution in [0.4, 0.5) is 0 Å². The number of carbonyl (C=O) groups excluding carboxylic acids is 1. The monoisotopic (exact) mass is 317 g/mol. The Morgan fingerprint density at radius 2 is 2.13 bits per heavy atom. The Bertz CT molecular complexity index is 570. The van der Waals surface area contributed by atoms with Crippen molar-refractivity contribution in [1.29, 1.82) is 0 Å². The standard InChI is InChI=1S/C16H22N4O.CH5N/c1-3-16(2)9-13(21)20(15(17)19-16)14(11-6-7-11)12-5-4-8-18-10-12;1-2/h4-5,8,10-11,14H,3,6-7,9H2,1-2H3,(H2,17,19);2H2,1H3/t14?,16-;/m1./s1. The Morgan fingerprint density at radius 3 is 2.61 bits per heavy atom. The van der Waals surface area contributed by atoms with Crippen molar-refractivity contribution in [2.24, 2.45) is 22.4 Å². The number of nitrogens with zero attached hydrogens (tertiary/aromatic N) is 3. The van der Waals surface area contributed by atoms with Crippen LogP contribution in [0.3, 0.4) is 0 Å². The van der Waals surface area contributed by atoms with Gasteiger partial charge in [0.05, 0.1) is 18.0 Å². The summed E-state index contributed by atoms with van der Waals surface area (Å²) in [6.07, 6.45) is 7.07. The first-order chi connectivity index (χ1) is 11.0. The Balaban J connectivity index is 0.000000924. The molecule has 6 nitrogen and oxygen atoms in total. The molecule has 1 saturated carbocycles. The van der Waals surface area contributed by atoms with Crippen molar-refractivity contribution in [3.8, 4) is 0 Å². The van der Waals surface area contributed by atoms with Gasteiger partial charge in [-0.25, -0.2) is 4.99 Å². The van der Waals surface area contributed by atoms with E-state index in [1.54, 1.807) is 11.1 Å². The Hall–Kier alpha value is -1.95. The molecule has 3 rings (SSSR count). The van der Waals surface area contributed by atoms with E-state index in [-0.39, 0.29) is 17.5 Å². The number of guanidine groups is 1. The molecular formula is C17H27N5O. The molecule has 1 amide bonds. The molecule has 0 saturated heterocycles. The van der Waals surface area contributed by atoms with Crippen molar-refractivity contribution in [2.45, 2.75) is 51.1 Å². The highest BCUT2D eigenvalue weighted by molar-refractivity contribution is 5.99. The fourth-order valence-corrected chi connectivity index (χ4v) is 3.01. The maximum atomic E-state index is 12.7. The van der Waals surface area contributed by atoms with Gasteiger partial charge in [-0.3, -0.25) is 14.7 Å². The number of nitrogens with two attached hydrogens (primary N) is 2. The van der Waals surface area contributed by atoms with Gasteiger partial charge in [0.25, 0.3) is 0 Å². The van der Waals surface area contributed by atoms with E-state index in [0.717, 1.165) is 24.8 Å². The third-order valence-electron chi connectivity index (χ3n) is 4.57. The third-order valence-corrected chi connectivity index (χ3v) is 4.57. The Labute approximate surface area is 138 Å². The zero-order valence-electron chi connectivity index (χ0n) is 14.2. The average Bonchev–Trinajstić information content (AvgIpc) is 3.38. The van der Waals surface area contributed by atoms with E-state index in [1.807, 2.05) is 32.2 Å². The number of rotatable bonds is 4. The smallest absolute Gasteiger partial charge is 0.232 e. The molecule has 126 valence electrons. The van der Waals surface area contributed by atoms with Gasteiger partial charge in [0.1, 0.15) is 0 Å². The summed E-state index contributed by atoms with van der Waals surface area (Å²) in [7, 11) is 1.50. The summed E-state index contributed by atoms with van der Waals surface area (Å²) in [6.45, 7) is 4.03. The molecular weight excluding hydrogens is 290 g/mol. The van der Waals surface area contributed by atoms with Crippen LogP contribution in [-0.4, -0.2) is 34.3 Å². The molecule has 1 unspecified atom stereocenters. The molecule has 2 aliphatic rings. The minimum atomic E-state index is -0.360. The van der Waals surface area contributed by atoms with E-state index in [4.69, 9.17) is 5.73 Å². The predicted molar refractivity (Wildman–Crippen MR) is 91.6 cm³/mol. The molecule has 2 atom stereocenters. The van der Waals surface area contributed by atoms with Crippen molar-refractivity contribution in [1.82, 2.24) is 9.88 Å². The van der Waals surface area contributed by atoms with Crippen LogP contribution in [0, 0.1) is 5.92 Å². The van der Waals surface area contributed by atoms with Gasteiger partial charge in [0, 0.05) is 12.4 Å². The molecule has 0 aromatic carbocycles. The van der Waals surface area contributed by atoms with Gasteiger partial charge in [-0.05, 0) is 50.8 Å². The van der Waals surface area contributed by atoms with Crippen molar-refractivity contribution < 1.29 is 4.79 Å². The summed E-state index contributed by atoms with van der Waals surface area (Å²) in [5.74, 6) is 0.904. The van der Waals surface area contributed by atoms with Crippen LogP contribution in [0.25, 0.3) is 0 Å². The second-order valence-electron chi connectivity index (χ2n) is 6.33. The molecule has 0 bridgehead atoms. The quantitative estimate of drug-likeness (QED) is 0.885. The number of amides is 1. The molecule has 0 spiro atoms. The van der Waals surface area contributed by atoms with Gasteiger partial charge in [-0.2, -0.15) is 0 Å². The maximum Gasteiger partial charge on any atom is 0.232 e. The molecule has 1 aliphatic carbocycles. The Kier molecular flexibility index (Phi) is 5.36. The SMILES string of the molecule is CC[C@]1(C)CC(=O)N(C(c2cccnc2)C2CC2)C(N)=N1.CN. The Morgan fingerprint density at radius 1 is 1.43 bits per heavy atom. The third kappa shape index (κ3) is 3.69. The molecule has 2 heterocycles. The molecule has 1 aromatic rings. The van der Waals surface area contributed by atoms with Crippen LogP contribution < -0.4 is 11.5 Å². The fourth-order valence-electron chi connectivity index (χ4n) is 3.01. The lowest BCUT2D eigenvalue weighted by Crippen LogP contribution is -2.52. The van der Waals surface area contributed by atoms with Crippen LogP contribution >= 0.6 is 0 Å². The maximum absolute atomic E-state index is 12.7. The first-order valence-corrected chi connectivity index (χ1v) is 8.19. The van der Waals surface area contributed by atoms with E-state index in [2.05, 4.69) is 15.7 Å². The van der Waals surface area contributed by atoms with E-state index in [1.165, 1.54) is 7.05 Å². The number of hydrogen-bond acceptors (Lipinski definition) is 5. The van der Waals surface area contributed by atoms with Crippen molar-refractivity contribution in [3.63, 3.8) is 0 Å². The normalized spacial score (nSPS) is 25.3. The minimum absolute atomic E-state index is 0.0173. The number of carbonyl (C=O) groups is 1. The predicted octanol–water partition coefficient (Wildman–Crippen LogP) is 1.82. The summed E-state index contributed by atoms with van der Waals surface area (Å²) in [4.78, 5) is 23.2. The van der Waals surface area contributed by atoms with Gasteiger partial charge in [-0.1, -0.05) is 13.0 Å². The molecule has 4 N–H and O–H groups in total. The average molecular weight is 317 g/mol. The lowest BCUT2D eigenvalue weighted by molar-refractivity contribution is -0.131. The van der Waals surface area contributed by atoms with Gasteiger partial charge in [0.2, 0.25) is 5.91 Å². The first-order valence-electron chi connectivity index (χ1n) is 8.19. The molecule has 23 heavy (non-hydrogen) atoms. The number of hydrogen-bond donors (Lipinski definition) is 2. The van der Waals surface area contributed by atoms with Gasteiger partial charge < -0.3 is 11.5 Å². The molecule has 1 fully saturated rings. The summed E-state index contributed by atoms with van der Waals surface area (Å²) >= 11 is 0. The van der Waals surface area contributed by atoms with Crippen molar-refractivity contribution in [3.05, 3.63) is 30.1 Å². The molecule has 1 aliphatic heterocycles. The van der Waals surface area contributed by atoms with Crippen LogP contribution in [0.2, 0.25) is 0 Å². The topological polar surface area (TPSA) is 97.6 Å². The van der Waals surface area contributed by atoms with E-state index >= 15 is 0 Å². The number of aliphatic imine (C=N–C) groups is 1. The lowest BCUT2D eigenvalue weighted by atomic mass is 9.91. The minimum Gasteiger partial charge on any atom is -0.369 e. The van der Waals surface area contributed by atoms with Gasteiger partial charge in [0.15, 0.2) is 5.96 Å². The number of pyridine rings is 1. The zero-order valence-corrected chi connectivity index (χ0v) is 14.2. The van der Waals surface area contributed by atoms with Crippen LogP contribution in [0.1, 0.15) is 51.1 Å². The largest absolute Gasteiger partial charge is 0.369 e. The highest BCUT2D eigenvalue weighted by Gasteiger charge is 2.44. The summed E-state index contributed by atoms with van der Waals surface area (Å²) in [5.41, 5.74) is 11.3. The number of aromatic nitrogens is 1. The fraction of sp³-hybridized carbons (Fsp3) is 0.588. The highest BCUT2D eigenvalue weighted by Crippen LogP contribution is 2.45. The molecule has 1 aromatic heterocycles. The van der Waals surface area contributed by atoms with Crippen molar-refractivity contribution >= 4 is 11.9 Å².